The SMILES string of the molecule is CCCC1CN(CC(C)C(C)C)CCN1. The van der Waals surface area contributed by atoms with Crippen LogP contribution in [0.1, 0.15) is 40.5 Å². The van der Waals surface area contributed by atoms with E-state index in [1.54, 1.807) is 0 Å². The summed E-state index contributed by atoms with van der Waals surface area (Å²) in [5, 5.41) is 3.61. The molecule has 0 bridgehead atoms. The van der Waals surface area contributed by atoms with Crippen molar-refractivity contribution in [2.75, 3.05) is 26.2 Å². The monoisotopic (exact) mass is 212 g/mol. The van der Waals surface area contributed by atoms with Gasteiger partial charge in [-0.05, 0) is 18.3 Å². The largest absolute Gasteiger partial charge is 0.311 e. The highest BCUT2D eigenvalue weighted by atomic mass is 15.2. The summed E-state index contributed by atoms with van der Waals surface area (Å²) in [5.41, 5.74) is 0. The number of hydrogen-bond acceptors (Lipinski definition) is 2. The first-order chi connectivity index (χ1) is 7.13. The molecule has 15 heavy (non-hydrogen) atoms. The van der Waals surface area contributed by atoms with Crippen LogP contribution >= 0.6 is 0 Å². The van der Waals surface area contributed by atoms with Crippen LogP contribution in [0.5, 0.6) is 0 Å². The van der Waals surface area contributed by atoms with Crippen molar-refractivity contribution >= 4 is 0 Å². The van der Waals surface area contributed by atoms with E-state index in [1.165, 1.54) is 39.0 Å². The van der Waals surface area contributed by atoms with E-state index in [0.29, 0.717) is 0 Å². The van der Waals surface area contributed by atoms with Crippen molar-refractivity contribution in [3.05, 3.63) is 0 Å². The van der Waals surface area contributed by atoms with E-state index in [9.17, 15) is 0 Å². The van der Waals surface area contributed by atoms with Crippen LogP contribution in [-0.2, 0) is 0 Å². The van der Waals surface area contributed by atoms with Crippen molar-refractivity contribution in [2.45, 2.75) is 46.6 Å². The molecule has 1 aliphatic rings. The summed E-state index contributed by atoms with van der Waals surface area (Å²) >= 11 is 0. The Hall–Kier alpha value is -0.0800. The fourth-order valence-electron chi connectivity index (χ4n) is 2.22. The van der Waals surface area contributed by atoms with Gasteiger partial charge in [0, 0.05) is 32.2 Å². The van der Waals surface area contributed by atoms with Crippen LogP contribution in [0.15, 0.2) is 0 Å². The molecule has 1 rings (SSSR count). The summed E-state index contributed by atoms with van der Waals surface area (Å²) in [6.07, 6.45) is 2.62. The zero-order valence-corrected chi connectivity index (χ0v) is 10.9. The lowest BCUT2D eigenvalue weighted by Crippen LogP contribution is -2.51. The fourth-order valence-corrected chi connectivity index (χ4v) is 2.22. The van der Waals surface area contributed by atoms with Gasteiger partial charge in [0.2, 0.25) is 0 Å². The number of rotatable bonds is 5. The van der Waals surface area contributed by atoms with Gasteiger partial charge < -0.3 is 10.2 Å². The Kier molecular flexibility index (Phi) is 5.62. The van der Waals surface area contributed by atoms with Crippen LogP contribution in [0.25, 0.3) is 0 Å². The van der Waals surface area contributed by atoms with Crippen molar-refractivity contribution in [3.63, 3.8) is 0 Å². The lowest BCUT2D eigenvalue weighted by Gasteiger charge is -2.35. The summed E-state index contributed by atoms with van der Waals surface area (Å²) in [4.78, 5) is 2.64. The average Bonchev–Trinajstić information content (AvgIpc) is 2.18. The second-order valence-electron chi connectivity index (χ2n) is 5.42. The summed E-state index contributed by atoms with van der Waals surface area (Å²) in [7, 11) is 0. The van der Waals surface area contributed by atoms with Crippen molar-refractivity contribution in [1.82, 2.24) is 10.2 Å². The third-order valence-electron chi connectivity index (χ3n) is 3.66. The molecule has 1 fully saturated rings. The minimum Gasteiger partial charge on any atom is -0.311 e. The van der Waals surface area contributed by atoms with Gasteiger partial charge in [-0.1, -0.05) is 34.1 Å². The van der Waals surface area contributed by atoms with Gasteiger partial charge in [-0.3, -0.25) is 0 Å². The highest BCUT2D eigenvalue weighted by molar-refractivity contribution is 4.79. The Bertz CT molecular complexity index is 166. The summed E-state index contributed by atoms with van der Waals surface area (Å²) in [6, 6.07) is 0.739. The molecule has 2 heteroatoms. The molecule has 1 N–H and O–H groups in total. The molecule has 2 nitrogen and oxygen atoms in total. The molecule has 0 aliphatic carbocycles. The zero-order chi connectivity index (χ0) is 11.3. The predicted molar refractivity (Wildman–Crippen MR) is 67.1 cm³/mol. The Morgan fingerprint density at radius 3 is 2.67 bits per heavy atom. The molecule has 1 heterocycles. The molecule has 0 aromatic heterocycles. The Labute approximate surface area is 95.4 Å². The maximum Gasteiger partial charge on any atom is 0.0195 e. The van der Waals surface area contributed by atoms with E-state index in [4.69, 9.17) is 0 Å². The van der Waals surface area contributed by atoms with E-state index in [-0.39, 0.29) is 0 Å². The summed E-state index contributed by atoms with van der Waals surface area (Å²) in [6.45, 7) is 14.3. The number of piperazine rings is 1. The van der Waals surface area contributed by atoms with Crippen LogP contribution in [0.2, 0.25) is 0 Å². The molecule has 2 unspecified atom stereocenters. The van der Waals surface area contributed by atoms with Crippen LogP contribution < -0.4 is 5.32 Å². The third kappa shape index (κ3) is 4.52. The second-order valence-corrected chi connectivity index (χ2v) is 5.42. The van der Waals surface area contributed by atoms with Gasteiger partial charge in [0.05, 0.1) is 0 Å². The summed E-state index contributed by atoms with van der Waals surface area (Å²) in [5.74, 6) is 1.63. The molecule has 1 aliphatic heterocycles. The molecule has 90 valence electrons. The van der Waals surface area contributed by atoms with E-state index < -0.39 is 0 Å². The van der Waals surface area contributed by atoms with Gasteiger partial charge in [0.15, 0.2) is 0 Å². The van der Waals surface area contributed by atoms with E-state index in [2.05, 4.69) is 37.9 Å². The third-order valence-corrected chi connectivity index (χ3v) is 3.66. The summed E-state index contributed by atoms with van der Waals surface area (Å²) < 4.78 is 0. The normalized spacial score (nSPS) is 25.8. The van der Waals surface area contributed by atoms with Gasteiger partial charge in [0.1, 0.15) is 0 Å². The highest BCUT2D eigenvalue weighted by Crippen LogP contribution is 2.13. The maximum atomic E-state index is 3.61. The first kappa shape index (κ1) is 13.0. The molecule has 0 amide bonds. The van der Waals surface area contributed by atoms with Gasteiger partial charge in [-0.15, -0.1) is 0 Å². The van der Waals surface area contributed by atoms with Gasteiger partial charge in [-0.25, -0.2) is 0 Å². The topological polar surface area (TPSA) is 15.3 Å². The number of nitrogens with zero attached hydrogens (tertiary/aromatic N) is 1. The zero-order valence-electron chi connectivity index (χ0n) is 10.9. The number of hydrogen-bond donors (Lipinski definition) is 1. The minimum absolute atomic E-state index is 0.739. The van der Waals surface area contributed by atoms with Crippen LogP contribution in [-0.4, -0.2) is 37.1 Å². The Morgan fingerprint density at radius 2 is 2.07 bits per heavy atom. The van der Waals surface area contributed by atoms with E-state index in [1.807, 2.05) is 0 Å². The smallest absolute Gasteiger partial charge is 0.0195 e. The van der Waals surface area contributed by atoms with E-state index >= 15 is 0 Å². The molecular weight excluding hydrogens is 184 g/mol. The minimum atomic E-state index is 0.739. The lowest BCUT2D eigenvalue weighted by molar-refractivity contribution is 0.158. The molecule has 0 aromatic rings. The molecule has 1 saturated heterocycles. The lowest BCUT2D eigenvalue weighted by atomic mass is 9.97. The van der Waals surface area contributed by atoms with Crippen molar-refractivity contribution < 1.29 is 0 Å². The standard InChI is InChI=1S/C13H28N2/c1-5-6-13-10-15(8-7-14-13)9-12(4)11(2)3/h11-14H,5-10H2,1-4H3. The van der Waals surface area contributed by atoms with Crippen molar-refractivity contribution in [1.29, 1.82) is 0 Å². The fraction of sp³-hybridized carbons (Fsp3) is 1.00. The quantitative estimate of drug-likeness (QED) is 0.752. The molecular formula is C13H28N2. The van der Waals surface area contributed by atoms with Gasteiger partial charge >= 0.3 is 0 Å². The Balaban J connectivity index is 2.29. The second kappa shape index (κ2) is 6.49. The van der Waals surface area contributed by atoms with Crippen LogP contribution in [0.4, 0.5) is 0 Å². The van der Waals surface area contributed by atoms with Crippen LogP contribution in [0.3, 0.4) is 0 Å². The van der Waals surface area contributed by atoms with Gasteiger partial charge in [-0.2, -0.15) is 0 Å². The van der Waals surface area contributed by atoms with Crippen molar-refractivity contribution in [2.24, 2.45) is 11.8 Å². The molecule has 0 aromatic carbocycles. The first-order valence-corrected chi connectivity index (χ1v) is 6.59. The van der Waals surface area contributed by atoms with Crippen LogP contribution in [0, 0.1) is 11.8 Å². The van der Waals surface area contributed by atoms with Gasteiger partial charge in [0.25, 0.3) is 0 Å². The average molecular weight is 212 g/mol. The molecule has 0 radical (unpaired) electrons. The predicted octanol–water partition coefficient (Wildman–Crippen LogP) is 2.35. The van der Waals surface area contributed by atoms with E-state index in [0.717, 1.165) is 17.9 Å². The van der Waals surface area contributed by atoms with Crippen molar-refractivity contribution in [3.8, 4) is 0 Å². The molecule has 0 spiro atoms. The maximum absolute atomic E-state index is 3.61. The molecule has 2 atom stereocenters. The highest BCUT2D eigenvalue weighted by Gasteiger charge is 2.20. The first-order valence-electron chi connectivity index (χ1n) is 6.59. The number of nitrogens with one attached hydrogen (secondary N) is 1. The Morgan fingerprint density at radius 1 is 1.33 bits per heavy atom. The molecule has 0 saturated carbocycles.